The van der Waals surface area contributed by atoms with Crippen molar-refractivity contribution in [3.05, 3.63) is 35.3 Å². The molecule has 6 nitrogen and oxygen atoms in total. The predicted octanol–water partition coefficient (Wildman–Crippen LogP) is 2.24. The Balaban J connectivity index is 2.03. The van der Waals surface area contributed by atoms with E-state index < -0.39 is 0 Å². The van der Waals surface area contributed by atoms with E-state index in [9.17, 15) is 4.79 Å². The first-order valence-corrected chi connectivity index (χ1v) is 8.56. The van der Waals surface area contributed by atoms with Gasteiger partial charge in [0, 0.05) is 17.7 Å². The van der Waals surface area contributed by atoms with Crippen molar-refractivity contribution in [2.24, 2.45) is 10.9 Å². The van der Waals surface area contributed by atoms with E-state index in [1.165, 1.54) is 0 Å². The molecule has 25 heavy (non-hydrogen) atoms. The van der Waals surface area contributed by atoms with Crippen LogP contribution in [-0.2, 0) is 14.3 Å². The van der Waals surface area contributed by atoms with E-state index in [1.54, 1.807) is 20.3 Å². The molecule has 1 heterocycles. The van der Waals surface area contributed by atoms with Gasteiger partial charge in [0.15, 0.2) is 5.11 Å². The third-order valence-corrected chi connectivity index (χ3v) is 3.99. The second-order valence-electron chi connectivity index (χ2n) is 6.86. The fourth-order valence-electron chi connectivity index (χ4n) is 2.63. The number of rotatable bonds is 5. The van der Waals surface area contributed by atoms with Crippen molar-refractivity contribution in [2.45, 2.75) is 32.7 Å². The van der Waals surface area contributed by atoms with Gasteiger partial charge in [-0.05, 0) is 51.6 Å². The summed E-state index contributed by atoms with van der Waals surface area (Å²) in [5.41, 5.74) is 1.13. The highest BCUT2D eigenvalue weighted by molar-refractivity contribution is 7.80. The van der Waals surface area contributed by atoms with Gasteiger partial charge < -0.3 is 20.1 Å². The number of amides is 1. The van der Waals surface area contributed by atoms with Crippen molar-refractivity contribution in [2.75, 3.05) is 20.8 Å². The Bertz CT molecular complexity index is 684. The fourth-order valence-corrected chi connectivity index (χ4v) is 3.04. The van der Waals surface area contributed by atoms with Gasteiger partial charge in [-0.2, -0.15) is 0 Å². The molecule has 1 aliphatic heterocycles. The monoisotopic (exact) mass is 363 g/mol. The van der Waals surface area contributed by atoms with Crippen LogP contribution in [0.5, 0.6) is 0 Å². The van der Waals surface area contributed by atoms with Gasteiger partial charge in [-0.15, -0.1) is 0 Å². The number of carbonyl (C=O) groups is 1. The molecular formula is C18H25N3O3S. The zero-order valence-electron chi connectivity index (χ0n) is 15.3. The van der Waals surface area contributed by atoms with Crippen LogP contribution in [0.15, 0.2) is 40.3 Å². The first-order chi connectivity index (χ1) is 11.7. The smallest absolute Gasteiger partial charge is 0.273 e. The van der Waals surface area contributed by atoms with Crippen LogP contribution in [0.4, 0.5) is 0 Å². The van der Waals surface area contributed by atoms with Crippen molar-refractivity contribution in [1.82, 2.24) is 10.6 Å². The summed E-state index contributed by atoms with van der Waals surface area (Å²) in [5, 5.41) is 6.87. The molecule has 0 saturated carbocycles. The summed E-state index contributed by atoms with van der Waals surface area (Å²) in [5.74, 6) is 0.880. The van der Waals surface area contributed by atoms with Gasteiger partial charge >= 0.3 is 0 Å². The number of fused-ring (bicyclic) bond motifs is 1. The number of dihydropyridines is 1. The molecule has 0 aromatic heterocycles. The van der Waals surface area contributed by atoms with Gasteiger partial charge in [-0.1, -0.05) is 6.08 Å². The molecular weight excluding hydrogens is 338 g/mol. The van der Waals surface area contributed by atoms with Crippen LogP contribution in [0.3, 0.4) is 0 Å². The van der Waals surface area contributed by atoms with E-state index in [4.69, 9.17) is 21.7 Å². The molecule has 2 N–H and O–H groups in total. The van der Waals surface area contributed by atoms with E-state index in [1.807, 2.05) is 32.9 Å². The third-order valence-electron chi connectivity index (χ3n) is 3.74. The largest absolute Gasteiger partial charge is 0.500 e. The Morgan fingerprint density at radius 3 is 2.60 bits per heavy atom. The zero-order valence-corrected chi connectivity index (χ0v) is 16.1. The molecule has 7 heteroatoms. The van der Waals surface area contributed by atoms with Crippen LogP contribution in [0.25, 0.3) is 0 Å². The van der Waals surface area contributed by atoms with Crippen LogP contribution in [0.2, 0.25) is 0 Å². The number of methoxy groups -OCH3 is 2. The molecule has 0 spiro atoms. The maximum Gasteiger partial charge on any atom is 0.273 e. The number of aliphatic imine (C=N–C) groups is 1. The molecule has 0 saturated heterocycles. The lowest BCUT2D eigenvalue weighted by molar-refractivity contribution is -0.114. The lowest BCUT2D eigenvalue weighted by Crippen LogP contribution is -2.46. The Morgan fingerprint density at radius 1 is 1.28 bits per heavy atom. The van der Waals surface area contributed by atoms with Crippen molar-refractivity contribution in [1.29, 1.82) is 0 Å². The highest BCUT2D eigenvalue weighted by atomic mass is 32.1. The average Bonchev–Trinajstić information content (AvgIpc) is 2.52. The van der Waals surface area contributed by atoms with Gasteiger partial charge in [0.1, 0.15) is 17.2 Å². The molecule has 1 amide bonds. The molecule has 1 unspecified atom stereocenters. The molecule has 136 valence electrons. The summed E-state index contributed by atoms with van der Waals surface area (Å²) >= 11 is 5.25. The molecule has 0 fully saturated rings. The van der Waals surface area contributed by atoms with E-state index in [-0.39, 0.29) is 17.4 Å². The van der Waals surface area contributed by atoms with Crippen LogP contribution in [-0.4, -0.2) is 43.0 Å². The number of carbonyl (C=O) groups excluding carboxylic acids is 1. The standard InChI is InChI=1S/C18H25N3O3S/c1-18(2,3)21-17(25)19-9-8-11-10-12-13(23-4)6-7-14(24-5)15(12)20-16(11)22/h6-7,10,12H,8-9H2,1-5H3,(H2,19,21,25). The normalized spacial score (nSPS) is 19.7. The summed E-state index contributed by atoms with van der Waals surface area (Å²) in [4.78, 5) is 16.5. The number of thiocarbonyl (C=S) groups is 1. The summed E-state index contributed by atoms with van der Waals surface area (Å²) in [6.45, 7) is 6.66. The fraction of sp³-hybridized carbons (Fsp3) is 0.500. The highest BCUT2D eigenvalue weighted by Crippen LogP contribution is 2.30. The number of ether oxygens (including phenoxy) is 2. The van der Waals surface area contributed by atoms with Crippen molar-refractivity contribution in [3.63, 3.8) is 0 Å². The van der Waals surface area contributed by atoms with Crippen LogP contribution in [0, 0.1) is 5.92 Å². The third kappa shape index (κ3) is 4.92. The second-order valence-corrected chi connectivity index (χ2v) is 7.27. The van der Waals surface area contributed by atoms with Gasteiger partial charge in [0.25, 0.3) is 5.91 Å². The lowest BCUT2D eigenvalue weighted by Gasteiger charge is -2.26. The zero-order chi connectivity index (χ0) is 18.6. The number of allylic oxidation sites excluding steroid dienone is 4. The Morgan fingerprint density at radius 2 is 2.00 bits per heavy atom. The SMILES string of the molecule is COC1=CC=C(OC)C2C=C(CCNC(=S)NC(C)(C)C)C(=O)N=C12. The average molecular weight is 363 g/mol. The van der Waals surface area contributed by atoms with Crippen molar-refractivity contribution in [3.8, 4) is 0 Å². The van der Waals surface area contributed by atoms with Gasteiger partial charge in [0.05, 0.1) is 20.1 Å². The molecule has 1 atom stereocenters. The first kappa shape index (κ1) is 19.2. The highest BCUT2D eigenvalue weighted by Gasteiger charge is 2.32. The molecule has 1 aliphatic carbocycles. The maximum atomic E-state index is 12.3. The first-order valence-electron chi connectivity index (χ1n) is 8.15. The molecule has 0 aromatic rings. The number of nitrogens with zero attached hydrogens (tertiary/aromatic N) is 1. The molecule has 2 aliphatic rings. The minimum absolute atomic E-state index is 0.105. The van der Waals surface area contributed by atoms with E-state index >= 15 is 0 Å². The minimum Gasteiger partial charge on any atom is -0.500 e. The van der Waals surface area contributed by atoms with E-state index in [0.717, 1.165) is 5.76 Å². The summed E-state index contributed by atoms with van der Waals surface area (Å²) in [7, 11) is 3.17. The number of hydrogen-bond donors (Lipinski definition) is 2. The predicted molar refractivity (Wildman–Crippen MR) is 102 cm³/mol. The van der Waals surface area contributed by atoms with Crippen molar-refractivity contribution < 1.29 is 14.3 Å². The number of hydrogen-bond acceptors (Lipinski definition) is 4. The van der Waals surface area contributed by atoms with Crippen molar-refractivity contribution >= 4 is 28.9 Å². The summed E-state index contributed by atoms with van der Waals surface area (Å²) in [6, 6.07) is 0. The summed E-state index contributed by atoms with van der Waals surface area (Å²) in [6.07, 6.45) is 6.03. The minimum atomic E-state index is -0.247. The quantitative estimate of drug-likeness (QED) is 0.730. The van der Waals surface area contributed by atoms with Gasteiger partial charge in [0.2, 0.25) is 0 Å². The Kier molecular flexibility index (Phi) is 6.00. The Hall–Kier alpha value is -2.15. The van der Waals surface area contributed by atoms with E-state index in [2.05, 4.69) is 15.6 Å². The number of nitrogens with one attached hydrogen (secondary N) is 2. The maximum absolute atomic E-state index is 12.3. The molecule has 0 aromatic carbocycles. The van der Waals surface area contributed by atoms with Gasteiger partial charge in [-0.3, -0.25) is 4.79 Å². The molecule has 0 bridgehead atoms. The Labute approximate surface area is 154 Å². The lowest BCUT2D eigenvalue weighted by atomic mass is 9.89. The summed E-state index contributed by atoms with van der Waals surface area (Å²) < 4.78 is 10.7. The van der Waals surface area contributed by atoms with E-state index in [0.29, 0.717) is 35.1 Å². The topological polar surface area (TPSA) is 72.0 Å². The van der Waals surface area contributed by atoms with Crippen LogP contribution in [0.1, 0.15) is 27.2 Å². The van der Waals surface area contributed by atoms with Crippen LogP contribution >= 0.6 is 12.2 Å². The second kappa shape index (κ2) is 7.82. The van der Waals surface area contributed by atoms with Gasteiger partial charge in [-0.25, -0.2) is 4.99 Å². The molecule has 2 rings (SSSR count). The molecule has 0 radical (unpaired) electrons. The van der Waals surface area contributed by atoms with Crippen LogP contribution < -0.4 is 10.6 Å².